The molecule has 0 saturated carbocycles. The first-order chi connectivity index (χ1) is 12.7. The number of hydrogen-bond acceptors (Lipinski definition) is 4. The van der Waals surface area contributed by atoms with Crippen molar-refractivity contribution in [2.75, 3.05) is 28.8 Å². The van der Waals surface area contributed by atoms with Crippen LogP contribution in [0.1, 0.15) is 77.0 Å². The van der Waals surface area contributed by atoms with E-state index in [-0.39, 0.29) is 12.2 Å². The van der Waals surface area contributed by atoms with Crippen molar-refractivity contribution < 1.29 is 26.1 Å². The van der Waals surface area contributed by atoms with Crippen LogP contribution in [0, 0.1) is 0 Å². The standard InChI is InChI=1S/C10H19F3O3S.2C4H8S/c11-10(12,13)8-6-4-2-1-3-5-7-9-17(14,15)16;2*1-2-4-5-3-1/h1-9H2,(H,14,15,16);2*1-4H2. The maximum absolute atomic E-state index is 11.8. The molecular weight excluding hydrogens is 417 g/mol. The van der Waals surface area contributed by atoms with Gasteiger partial charge in [0.05, 0.1) is 5.75 Å². The van der Waals surface area contributed by atoms with Crippen LogP contribution in [0.5, 0.6) is 0 Å². The second-order valence-electron chi connectivity index (χ2n) is 6.77. The number of halogens is 3. The van der Waals surface area contributed by atoms with Crippen LogP contribution < -0.4 is 0 Å². The summed E-state index contributed by atoms with van der Waals surface area (Å²) in [6.45, 7) is 0. The Labute approximate surface area is 171 Å². The van der Waals surface area contributed by atoms with E-state index in [2.05, 4.69) is 23.5 Å². The Bertz CT molecular complexity index is 396. The lowest BCUT2D eigenvalue weighted by Gasteiger charge is -2.05. The summed E-state index contributed by atoms with van der Waals surface area (Å²) >= 11 is 4.15. The van der Waals surface area contributed by atoms with Gasteiger partial charge < -0.3 is 0 Å². The fraction of sp³-hybridized carbons (Fsp3) is 1.00. The van der Waals surface area contributed by atoms with Crippen LogP contribution in [0.15, 0.2) is 0 Å². The van der Waals surface area contributed by atoms with Gasteiger partial charge in [0.15, 0.2) is 0 Å². The zero-order valence-electron chi connectivity index (χ0n) is 16.1. The zero-order valence-corrected chi connectivity index (χ0v) is 18.6. The van der Waals surface area contributed by atoms with Gasteiger partial charge in [0.25, 0.3) is 10.1 Å². The van der Waals surface area contributed by atoms with E-state index < -0.39 is 22.7 Å². The molecule has 0 aromatic rings. The predicted octanol–water partition coefficient (Wildman–Crippen LogP) is 6.58. The van der Waals surface area contributed by atoms with Crippen LogP contribution in [0.4, 0.5) is 13.2 Å². The molecule has 27 heavy (non-hydrogen) atoms. The molecule has 0 bridgehead atoms. The molecule has 164 valence electrons. The van der Waals surface area contributed by atoms with Crippen LogP contribution in [0.2, 0.25) is 0 Å². The highest BCUT2D eigenvalue weighted by Gasteiger charge is 2.25. The summed E-state index contributed by atoms with van der Waals surface area (Å²) in [5, 5.41) is 0. The summed E-state index contributed by atoms with van der Waals surface area (Å²) < 4.78 is 64.4. The van der Waals surface area contributed by atoms with Gasteiger partial charge in [0.2, 0.25) is 0 Å². The summed E-state index contributed by atoms with van der Waals surface area (Å²) in [7, 11) is -3.87. The maximum Gasteiger partial charge on any atom is 0.389 e. The van der Waals surface area contributed by atoms with Crippen molar-refractivity contribution in [2.24, 2.45) is 0 Å². The lowest BCUT2D eigenvalue weighted by molar-refractivity contribution is -0.135. The first kappa shape index (κ1) is 27.4. The maximum atomic E-state index is 11.8. The minimum atomic E-state index is -4.06. The van der Waals surface area contributed by atoms with Gasteiger partial charge in [-0.3, -0.25) is 4.55 Å². The van der Waals surface area contributed by atoms with E-state index in [4.69, 9.17) is 4.55 Å². The van der Waals surface area contributed by atoms with Gasteiger partial charge in [-0.2, -0.15) is 45.1 Å². The van der Waals surface area contributed by atoms with Gasteiger partial charge in [-0.05, 0) is 61.5 Å². The van der Waals surface area contributed by atoms with Crippen molar-refractivity contribution in [3.05, 3.63) is 0 Å². The Balaban J connectivity index is 0.000000534. The summed E-state index contributed by atoms with van der Waals surface area (Å²) in [4.78, 5) is 0. The Morgan fingerprint density at radius 2 is 1.07 bits per heavy atom. The average Bonchev–Trinajstić information content (AvgIpc) is 3.28. The molecule has 0 radical (unpaired) electrons. The molecule has 2 rings (SSSR count). The molecule has 2 heterocycles. The van der Waals surface area contributed by atoms with Crippen LogP contribution >= 0.6 is 23.5 Å². The van der Waals surface area contributed by atoms with Gasteiger partial charge in [-0.1, -0.05) is 32.1 Å². The van der Waals surface area contributed by atoms with E-state index in [1.807, 2.05) is 0 Å². The van der Waals surface area contributed by atoms with Crippen LogP contribution in [-0.4, -0.2) is 47.9 Å². The molecule has 0 aromatic carbocycles. The third-order valence-corrected chi connectivity index (χ3v) is 7.13. The molecule has 0 aromatic heterocycles. The molecular formula is C18H35F3O3S3. The molecule has 2 fully saturated rings. The van der Waals surface area contributed by atoms with Crippen LogP contribution in [0.25, 0.3) is 0 Å². The first-order valence-electron chi connectivity index (χ1n) is 9.88. The second-order valence-corrected chi connectivity index (χ2v) is 10.8. The van der Waals surface area contributed by atoms with Crippen molar-refractivity contribution >= 4 is 33.6 Å². The Morgan fingerprint density at radius 1 is 0.704 bits per heavy atom. The molecule has 0 amide bonds. The number of thioether (sulfide) groups is 2. The Morgan fingerprint density at radius 3 is 1.37 bits per heavy atom. The number of alkyl halides is 3. The van der Waals surface area contributed by atoms with Crippen LogP contribution in [-0.2, 0) is 10.1 Å². The smallest absolute Gasteiger partial charge is 0.286 e. The molecule has 0 spiro atoms. The highest BCUT2D eigenvalue weighted by Crippen LogP contribution is 2.23. The molecule has 0 atom stereocenters. The fourth-order valence-corrected chi connectivity index (χ4v) is 5.12. The summed E-state index contributed by atoms with van der Waals surface area (Å²) in [6, 6.07) is 0. The Kier molecular flexibility index (Phi) is 17.5. The van der Waals surface area contributed by atoms with Gasteiger partial charge >= 0.3 is 6.18 Å². The Hall–Kier alpha value is 0.400. The topological polar surface area (TPSA) is 54.4 Å². The monoisotopic (exact) mass is 452 g/mol. The lowest BCUT2D eigenvalue weighted by atomic mass is 10.1. The number of unbranched alkanes of at least 4 members (excludes halogenated alkanes) is 6. The summed E-state index contributed by atoms with van der Waals surface area (Å²) in [5.74, 6) is 5.43. The highest BCUT2D eigenvalue weighted by molar-refractivity contribution is 7.99. The van der Waals surface area contributed by atoms with E-state index in [1.54, 1.807) is 0 Å². The van der Waals surface area contributed by atoms with E-state index in [0.29, 0.717) is 19.3 Å². The number of rotatable bonds is 9. The van der Waals surface area contributed by atoms with E-state index in [0.717, 1.165) is 19.3 Å². The third-order valence-electron chi connectivity index (χ3n) is 4.02. The minimum Gasteiger partial charge on any atom is -0.286 e. The highest BCUT2D eigenvalue weighted by atomic mass is 32.2. The molecule has 2 aliphatic rings. The van der Waals surface area contributed by atoms with Crippen molar-refractivity contribution in [2.45, 2.75) is 83.2 Å². The second kappa shape index (κ2) is 17.3. The normalized spacial score (nSPS) is 17.0. The van der Waals surface area contributed by atoms with Crippen molar-refractivity contribution in [3.63, 3.8) is 0 Å². The molecule has 2 aliphatic heterocycles. The van der Waals surface area contributed by atoms with E-state index in [1.165, 1.54) is 48.7 Å². The van der Waals surface area contributed by atoms with Gasteiger partial charge in [0.1, 0.15) is 0 Å². The van der Waals surface area contributed by atoms with E-state index in [9.17, 15) is 21.6 Å². The van der Waals surface area contributed by atoms with Crippen molar-refractivity contribution in [1.82, 2.24) is 0 Å². The molecule has 0 unspecified atom stereocenters. The molecule has 0 aliphatic carbocycles. The summed E-state index contributed by atoms with van der Waals surface area (Å²) in [5.41, 5.74) is 0. The van der Waals surface area contributed by atoms with Crippen molar-refractivity contribution in [3.8, 4) is 0 Å². The van der Waals surface area contributed by atoms with Gasteiger partial charge in [0, 0.05) is 6.42 Å². The van der Waals surface area contributed by atoms with Gasteiger partial charge in [-0.15, -0.1) is 0 Å². The van der Waals surface area contributed by atoms with Gasteiger partial charge in [-0.25, -0.2) is 0 Å². The lowest BCUT2D eigenvalue weighted by Crippen LogP contribution is -2.06. The predicted molar refractivity (Wildman–Crippen MR) is 113 cm³/mol. The largest absolute Gasteiger partial charge is 0.389 e. The number of hydrogen-bond donors (Lipinski definition) is 1. The minimum absolute atomic E-state index is 0.161. The fourth-order valence-electron chi connectivity index (χ4n) is 2.51. The molecule has 1 N–H and O–H groups in total. The first-order valence-corrected chi connectivity index (χ1v) is 13.8. The quantitative estimate of drug-likeness (QED) is 0.316. The zero-order chi connectivity index (χ0) is 20.4. The molecule has 3 nitrogen and oxygen atoms in total. The molecule has 2 saturated heterocycles. The van der Waals surface area contributed by atoms with Crippen LogP contribution in [0.3, 0.4) is 0 Å². The van der Waals surface area contributed by atoms with Crippen molar-refractivity contribution in [1.29, 1.82) is 0 Å². The summed E-state index contributed by atoms with van der Waals surface area (Å²) in [6.07, 6.45) is 5.20. The average molecular weight is 453 g/mol. The van der Waals surface area contributed by atoms with E-state index >= 15 is 0 Å². The SMILES string of the molecule is C1CCSC1.C1CCSC1.O=S(=O)(O)CCCCCCCCCC(F)(F)F. The third kappa shape index (κ3) is 26.4. The molecule has 9 heteroatoms.